The molecule has 0 spiro atoms. The summed E-state index contributed by atoms with van der Waals surface area (Å²) < 4.78 is 25.9. The molecule has 96 valence electrons. The van der Waals surface area contributed by atoms with Crippen molar-refractivity contribution in [3.8, 4) is 0 Å². The highest BCUT2D eigenvalue weighted by molar-refractivity contribution is 7.89. The topological polar surface area (TPSA) is 76.3 Å². The van der Waals surface area contributed by atoms with Crippen LogP contribution in [0.1, 0.15) is 20.8 Å². The lowest BCUT2D eigenvalue weighted by Gasteiger charge is -2.27. The molecule has 1 atom stereocenters. The smallest absolute Gasteiger partial charge is 0.262 e. The van der Waals surface area contributed by atoms with Crippen LogP contribution in [0.15, 0.2) is 23.4 Å². The SMILES string of the molecule is CC(C)C(C)N(C)S(=O)(=O)c1ncccc1N. The number of nitrogen functional groups attached to an aromatic ring is 1. The second kappa shape index (κ2) is 5.01. The Labute approximate surface area is 103 Å². The molecular weight excluding hydrogens is 238 g/mol. The Balaban J connectivity index is 3.17. The monoisotopic (exact) mass is 257 g/mol. The first-order chi connectivity index (χ1) is 7.78. The van der Waals surface area contributed by atoms with Gasteiger partial charge in [-0.05, 0) is 25.0 Å². The van der Waals surface area contributed by atoms with Gasteiger partial charge in [-0.3, -0.25) is 0 Å². The molecule has 5 nitrogen and oxygen atoms in total. The van der Waals surface area contributed by atoms with Gasteiger partial charge in [0.15, 0.2) is 5.03 Å². The third-order valence-electron chi connectivity index (χ3n) is 2.96. The highest BCUT2D eigenvalue weighted by atomic mass is 32.2. The normalized spacial score (nSPS) is 14.2. The summed E-state index contributed by atoms with van der Waals surface area (Å²) in [5.74, 6) is 0.222. The first kappa shape index (κ1) is 13.9. The Kier molecular flexibility index (Phi) is 4.11. The molecule has 0 fully saturated rings. The maximum Gasteiger partial charge on any atom is 0.262 e. The summed E-state index contributed by atoms with van der Waals surface area (Å²) in [4.78, 5) is 3.86. The van der Waals surface area contributed by atoms with Crippen molar-refractivity contribution in [3.63, 3.8) is 0 Å². The lowest BCUT2D eigenvalue weighted by Crippen LogP contribution is -2.38. The Bertz CT molecular complexity index is 485. The van der Waals surface area contributed by atoms with Gasteiger partial charge in [0.25, 0.3) is 10.0 Å². The van der Waals surface area contributed by atoms with Gasteiger partial charge in [0.05, 0.1) is 5.69 Å². The molecule has 1 heterocycles. The number of nitrogens with two attached hydrogens (primary N) is 1. The maximum absolute atomic E-state index is 12.3. The second-order valence-corrected chi connectivity index (χ2v) is 6.32. The van der Waals surface area contributed by atoms with Crippen LogP contribution in [0, 0.1) is 5.92 Å². The Morgan fingerprint density at radius 3 is 2.41 bits per heavy atom. The highest BCUT2D eigenvalue weighted by Crippen LogP contribution is 2.22. The van der Waals surface area contributed by atoms with E-state index in [9.17, 15) is 8.42 Å². The average molecular weight is 257 g/mol. The van der Waals surface area contributed by atoms with Gasteiger partial charge in [-0.1, -0.05) is 13.8 Å². The van der Waals surface area contributed by atoms with Crippen LogP contribution in [0.5, 0.6) is 0 Å². The largest absolute Gasteiger partial charge is 0.396 e. The molecule has 0 saturated carbocycles. The number of rotatable bonds is 4. The molecule has 2 N–H and O–H groups in total. The molecule has 6 heteroatoms. The van der Waals surface area contributed by atoms with Crippen molar-refractivity contribution in [2.24, 2.45) is 5.92 Å². The Morgan fingerprint density at radius 2 is 1.94 bits per heavy atom. The van der Waals surface area contributed by atoms with Gasteiger partial charge in [-0.15, -0.1) is 0 Å². The molecule has 0 radical (unpaired) electrons. The first-order valence-corrected chi connectivity index (χ1v) is 6.91. The quantitative estimate of drug-likeness (QED) is 0.882. The molecule has 17 heavy (non-hydrogen) atoms. The lowest BCUT2D eigenvalue weighted by atomic mass is 10.1. The molecule has 1 unspecified atom stereocenters. The first-order valence-electron chi connectivity index (χ1n) is 5.47. The van der Waals surface area contributed by atoms with Crippen molar-refractivity contribution in [2.75, 3.05) is 12.8 Å². The third kappa shape index (κ3) is 2.76. The van der Waals surface area contributed by atoms with E-state index in [0.717, 1.165) is 0 Å². The maximum atomic E-state index is 12.3. The summed E-state index contributed by atoms with van der Waals surface area (Å²) in [5.41, 5.74) is 5.83. The van der Waals surface area contributed by atoms with Gasteiger partial charge in [-0.2, -0.15) is 4.31 Å². The van der Waals surface area contributed by atoms with Crippen LogP contribution in [-0.4, -0.2) is 30.8 Å². The lowest BCUT2D eigenvalue weighted by molar-refractivity contribution is 0.315. The van der Waals surface area contributed by atoms with Crippen molar-refractivity contribution in [1.82, 2.24) is 9.29 Å². The molecule has 0 saturated heterocycles. The van der Waals surface area contributed by atoms with Gasteiger partial charge in [-0.25, -0.2) is 13.4 Å². The summed E-state index contributed by atoms with van der Waals surface area (Å²) in [6.07, 6.45) is 1.43. The molecule has 0 aliphatic rings. The van der Waals surface area contributed by atoms with E-state index in [4.69, 9.17) is 5.73 Å². The standard InChI is InChI=1S/C11H19N3O2S/c1-8(2)9(3)14(4)17(15,16)11-10(12)6-5-7-13-11/h5-9H,12H2,1-4H3. The van der Waals surface area contributed by atoms with Crippen molar-refractivity contribution in [1.29, 1.82) is 0 Å². The summed E-state index contributed by atoms with van der Waals surface area (Å²) in [6, 6.07) is 3.04. The summed E-state index contributed by atoms with van der Waals surface area (Å²) in [5, 5.41) is -0.0741. The summed E-state index contributed by atoms with van der Waals surface area (Å²) >= 11 is 0. The molecular formula is C11H19N3O2S. The van der Waals surface area contributed by atoms with Crippen LogP contribution in [0.4, 0.5) is 5.69 Å². The molecule has 0 amide bonds. The average Bonchev–Trinajstić information content (AvgIpc) is 2.27. The fourth-order valence-electron chi connectivity index (χ4n) is 1.39. The van der Waals surface area contributed by atoms with Crippen molar-refractivity contribution in [2.45, 2.75) is 31.8 Å². The van der Waals surface area contributed by atoms with Crippen molar-refractivity contribution >= 4 is 15.7 Å². The van der Waals surface area contributed by atoms with Gasteiger partial charge in [0, 0.05) is 19.3 Å². The molecule has 0 aliphatic carbocycles. The van der Waals surface area contributed by atoms with E-state index in [-0.39, 0.29) is 22.7 Å². The minimum atomic E-state index is -3.62. The molecule has 1 rings (SSSR count). The molecule has 1 aromatic heterocycles. The molecule has 0 aromatic carbocycles. The zero-order valence-corrected chi connectivity index (χ0v) is 11.4. The van der Waals surface area contributed by atoms with E-state index in [2.05, 4.69) is 4.98 Å². The second-order valence-electron chi connectivity index (χ2n) is 4.40. The number of pyridine rings is 1. The number of anilines is 1. The number of aromatic nitrogens is 1. The summed E-state index contributed by atoms with van der Waals surface area (Å²) in [7, 11) is -2.07. The molecule has 1 aromatic rings. The van der Waals surface area contributed by atoms with Crippen LogP contribution >= 0.6 is 0 Å². The minimum Gasteiger partial charge on any atom is -0.396 e. The van der Waals surface area contributed by atoms with Gasteiger partial charge >= 0.3 is 0 Å². The van der Waals surface area contributed by atoms with Crippen LogP contribution < -0.4 is 5.73 Å². The van der Waals surface area contributed by atoms with Crippen molar-refractivity contribution in [3.05, 3.63) is 18.3 Å². The Hall–Kier alpha value is -1.14. The Morgan fingerprint density at radius 1 is 1.35 bits per heavy atom. The fraction of sp³-hybridized carbons (Fsp3) is 0.545. The zero-order chi connectivity index (χ0) is 13.2. The van der Waals surface area contributed by atoms with Gasteiger partial charge < -0.3 is 5.73 Å². The van der Waals surface area contributed by atoms with E-state index in [1.165, 1.54) is 16.6 Å². The van der Waals surface area contributed by atoms with E-state index in [1.807, 2.05) is 20.8 Å². The molecule has 0 bridgehead atoms. The highest BCUT2D eigenvalue weighted by Gasteiger charge is 2.29. The van der Waals surface area contributed by atoms with E-state index < -0.39 is 10.0 Å². The fourth-order valence-corrected chi connectivity index (χ4v) is 2.91. The minimum absolute atomic E-state index is 0.0741. The number of sulfonamides is 1. The van der Waals surface area contributed by atoms with Crippen LogP contribution in [-0.2, 0) is 10.0 Å². The number of nitrogens with zero attached hydrogens (tertiary/aromatic N) is 2. The van der Waals surface area contributed by atoms with Crippen LogP contribution in [0.25, 0.3) is 0 Å². The van der Waals surface area contributed by atoms with Gasteiger partial charge in [0.1, 0.15) is 0 Å². The third-order valence-corrected chi connectivity index (χ3v) is 4.88. The van der Waals surface area contributed by atoms with Crippen molar-refractivity contribution < 1.29 is 8.42 Å². The van der Waals surface area contributed by atoms with E-state index >= 15 is 0 Å². The predicted octanol–water partition coefficient (Wildman–Crippen LogP) is 1.33. The number of hydrogen-bond acceptors (Lipinski definition) is 4. The number of hydrogen-bond donors (Lipinski definition) is 1. The van der Waals surface area contributed by atoms with E-state index in [0.29, 0.717) is 0 Å². The zero-order valence-electron chi connectivity index (χ0n) is 10.6. The van der Waals surface area contributed by atoms with Gasteiger partial charge in [0.2, 0.25) is 0 Å². The molecule has 0 aliphatic heterocycles. The predicted molar refractivity (Wildman–Crippen MR) is 67.9 cm³/mol. The summed E-state index contributed by atoms with van der Waals surface area (Å²) in [6.45, 7) is 5.80. The van der Waals surface area contributed by atoms with E-state index in [1.54, 1.807) is 13.1 Å². The van der Waals surface area contributed by atoms with Crippen LogP contribution in [0.3, 0.4) is 0 Å². The van der Waals surface area contributed by atoms with Crippen LogP contribution in [0.2, 0.25) is 0 Å².